The van der Waals surface area contributed by atoms with E-state index in [1.54, 1.807) is 31.4 Å². The molecule has 1 aromatic carbocycles. The van der Waals surface area contributed by atoms with Crippen LogP contribution >= 0.6 is 7.60 Å². The zero-order chi connectivity index (χ0) is 10.6. The van der Waals surface area contributed by atoms with Crippen LogP contribution < -0.4 is 10.2 Å². The standard InChI is InChI=1S/C8H12NO4P/c1-12-8-5-3-7(4-6-8)9-13-14(2,10)11/h3-6,9H,1-2H3,(H,10,11). The van der Waals surface area contributed by atoms with Gasteiger partial charge in [0, 0.05) is 6.66 Å². The highest BCUT2D eigenvalue weighted by atomic mass is 31.2. The first-order valence-corrected chi connectivity index (χ1v) is 5.92. The number of ether oxygens (including phenoxy) is 1. The van der Waals surface area contributed by atoms with E-state index in [0.29, 0.717) is 11.4 Å². The summed E-state index contributed by atoms with van der Waals surface area (Å²) in [6, 6.07) is 6.77. The molecular formula is C8H12NO4P. The Hall–Kier alpha value is -1.03. The number of methoxy groups -OCH3 is 1. The van der Waals surface area contributed by atoms with Gasteiger partial charge in [-0.25, -0.2) is 0 Å². The Kier molecular flexibility index (Phi) is 3.52. The summed E-state index contributed by atoms with van der Waals surface area (Å²) >= 11 is 0. The summed E-state index contributed by atoms with van der Waals surface area (Å²) in [5, 5.41) is 0. The molecule has 0 saturated carbocycles. The van der Waals surface area contributed by atoms with E-state index in [2.05, 4.69) is 10.1 Å². The third-order valence-electron chi connectivity index (χ3n) is 1.42. The van der Waals surface area contributed by atoms with E-state index < -0.39 is 7.60 Å². The van der Waals surface area contributed by atoms with E-state index in [-0.39, 0.29) is 0 Å². The van der Waals surface area contributed by atoms with Crippen LogP contribution in [0.25, 0.3) is 0 Å². The molecule has 14 heavy (non-hydrogen) atoms. The van der Waals surface area contributed by atoms with Gasteiger partial charge in [0.05, 0.1) is 12.8 Å². The molecule has 0 amide bonds. The Morgan fingerprint density at radius 3 is 2.36 bits per heavy atom. The van der Waals surface area contributed by atoms with Gasteiger partial charge in [0.1, 0.15) is 5.75 Å². The van der Waals surface area contributed by atoms with Crippen LogP contribution in [0.15, 0.2) is 24.3 Å². The maximum Gasteiger partial charge on any atom is 0.346 e. The molecule has 1 unspecified atom stereocenters. The number of hydrogen-bond acceptors (Lipinski definition) is 4. The summed E-state index contributed by atoms with van der Waals surface area (Å²) in [5.41, 5.74) is 2.95. The van der Waals surface area contributed by atoms with Crippen LogP contribution in [-0.4, -0.2) is 18.7 Å². The molecule has 1 rings (SSSR count). The number of nitrogens with one attached hydrogen (secondary N) is 1. The highest BCUT2D eigenvalue weighted by Crippen LogP contribution is 2.36. The van der Waals surface area contributed by atoms with Crippen LogP contribution in [0, 0.1) is 0 Å². The lowest BCUT2D eigenvalue weighted by molar-refractivity contribution is 0.318. The molecule has 0 fully saturated rings. The van der Waals surface area contributed by atoms with Crippen molar-refractivity contribution in [3.63, 3.8) is 0 Å². The minimum atomic E-state index is -3.49. The summed E-state index contributed by atoms with van der Waals surface area (Å²) in [7, 11) is -1.93. The third-order valence-corrected chi connectivity index (χ3v) is 1.85. The van der Waals surface area contributed by atoms with Crippen LogP contribution in [0.4, 0.5) is 5.69 Å². The molecule has 0 bridgehead atoms. The van der Waals surface area contributed by atoms with Gasteiger partial charge in [0.15, 0.2) is 0 Å². The molecule has 0 aliphatic rings. The quantitative estimate of drug-likeness (QED) is 0.595. The molecule has 78 valence electrons. The SMILES string of the molecule is COc1ccc(NOP(C)(=O)O)cc1. The molecule has 5 nitrogen and oxygen atoms in total. The van der Waals surface area contributed by atoms with Crippen molar-refractivity contribution in [1.29, 1.82) is 0 Å². The van der Waals surface area contributed by atoms with Gasteiger partial charge in [0.25, 0.3) is 0 Å². The van der Waals surface area contributed by atoms with E-state index in [9.17, 15) is 4.57 Å². The molecule has 0 aromatic heterocycles. The summed E-state index contributed by atoms with van der Waals surface area (Å²) in [6.07, 6.45) is 0. The Balaban J connectivity index is 2.56. The monoisotopic (exact) mass is 217 g/mol. The van der Waals surface area contributed by atoms with E-state index in [4.69, 9.17) is 9.63 Å². The summed E-state index contributed by atoms with van der Waals surface area (Å²) in [5.74, 6) is 0.708. The van der Waals surface area contributed by atoms with Crippen molar-refractivity contribution in [2.45, 2.75) is 0 Å². The minimum absolute atomic E-state index is 0.585. The van der Waals surface area contributed by atoms with Gasteiger partial charge >= 0.3 is 7.60 Å². The van der Waals surface area contributed by atoms with E-state index in [0.717, 1.165) is 6.66 Å². The number of benzene rings is 1. The fourth-order valence-corrected chi connectivity index (χ4v) is 1.07. The average Bonchev–Trinajstić information content (AvgIpc) is 2.14. The third kappa shape index (κ3) is 3.79. The van der Waals surface area contributed by atoms with Gasteiger partial charge in [-0.2, -0.15) is 4.62 Å². The highest BCUT2D eigenvalue weighted by Gasteiger charge is 2.09. The smallest absolute Gasteiger partial charge is 0.346 e. The Bertz CT molecular complexity index is 332. The second-order valence-electron chi connectivity index (χ2n) is 2.72. The highest BCUT2D eigenvalue weighted by molar-refractivity contribution is 7.51. The maximum absolute atomic E-state index is 10.8. The van der Waals surface area contributed by atoms with Crippen LogP contribution in [0.3, 0.4) is 0 Å². The lowest BCUT2D eigenvalue weighted by atomic mass is 10.3. The normalized spacial score (nSPS) is 14.5. The minimum Gasteiger partial charge on any atom is -0.497 e. The Labute approximate surface area is 82.1 Å². The van der Waals surface area contributed by atoms with Crippen molar-refractivity contribution in [2.75, 3.05) is 19.3 Å². The Morgan fingerprint density at radius 2 is 1.93 bits per heavy atom. The maximum atomic E-state index is 10.8. The second kappa shape index (κ2) is 4.46. The topological polar surface area (TPSA) is 67.8 Å². The van der Waals surface area contributed by atoms with Gasteiger partial charge in [-0.3, -0.25) is 10.0 Å². The molecule has 0 radical (unpaired) electrons. The van der Waals surface area contributed by atoms with Crippen LogP contribution in [0.1, 0.15) is 0 Å². The lowest BCUT2D eigenvalue weighted by Gasteiger charge is -2.08. The number of rotatable bonds is 4. The predicted molar refractivity (Wildman–Crippen MR) is 53.5 cm³/mol. The van der Waals surface area contributed by atoms with Crippen molar-refractivity contribution in [3.05, 3.63) is 24.3 Å². The van der Waals surface area contributed by atoms with Crippen LogP contribution in [0.2, 0.25) is 0 Å². The number of anilines is 1. The van der Waals surface area contributed by atoms with Gasteiger partial charge in [-0.15, -0.1) is 0 Å². The average molecular weight is 217 g/mol. The molecule has 1 atom stereocenters. The zero-order valence-electron chi connectivity index (χ0n) is 7.93. The molecule has 1 aromatic rings. The first-order chi connectivity index (χ1) is 6.51. The summed E-state index contributed by atoms with van der Waals surface area (Å²) < 4.78 is 20.2. The van der Waals surface area contributed by atoms with Crippen LogP contribution in [-0.2, 0) is 9.19 Å². The van der Waals surface area contributed by atoms with Gasteiger partial charge in [0.2, 0.25) is 0 Å². The van der Waals surface area contributed by atoms with Gasteiger partial charge in [-0.05, 0) is 24.3 Å². The molecule has 0 saturated heterocycles. The molecule has 0 aliphatic heterocycles. The van der Waals surface area contributed by atoms with Crippen molar-refractivity contribution < 1.29 is 18.8 Å². The van der Waals surface area contributed by atoms with Crippen molar-refractivity contribution in [3.8, 4) is 5.75 Å². The Morgan fingerprint density at radius 1 is 1.36 bits per heavy atom. The van der Waals surface area contributed by atoms with E-state index >= 15 is 0 Å². The predicted octanol–water partition coefficient (Wildman–Crippen LogP) is 1.85. The van der Waals surface area contributed by atoms with Crippen molar-refractivity contribution in [2.24, 2.45) is 0 Å². The molecule has 0 aliphatic carbocycles. The fourth-order valence-electron chi connectivity index (χ4n) is 0.796. The molecule has 6 heteroatoms. The first kappa shape index (κ1) is 11.0. The van der Waals surface area contributed by atoms with Gasteiger partial charge < -0.3 is 9.63 Å². The summed E-state index contributed by atoms with van der Waals surface area (Å²) in [4.78, 5) is 8.83. The number of hydrogen-bond donors (Lipinski definition) is 2. The summed E-state index contributed by atoms with van der Waals surface area (Å²) in [6.45, 7) is 1.10. The van der Waals surface area contributed by atoms with E-state index in [1.807, 2.05) is 0 Å². The van der Waals surface area contributed by atoms with E-state index in [1.165, 1.54) is 0 Å². The largest absolute Gasteiger partial charge is 0.497 e. The van der Waals surface area contributed by atoms with Crippen LogP contribution in [0.5, 0.6) is 5.75 Å². The van der Waals surface area contributed by atoms with Crippen molar-refractivity contribution in [1.82, 2.24) is 0 Å². The first-order valence-electron chi connectivity index (χ1n) is 3.90. The van der Waals surface area contributed by atoms with Gasteiger partial charge in [-0.1, -0.05) is 0 Å². The molecular weight excluding hydrogens is 205 g/mol. The second-order valence-corrected chi connectivity index (χ2v) is 4.51. The molecule has 2 N–H and O–H groups in total. The molecule has 0 spiro atoms. The van der Waals surface area contributed by atoms with Crippen molar-refractivity contribution >= 4 is 13.3 Å². The zero-order valence-corrected chi connectivity index (χ0v) is 8.82. The molecule has 0 heterocycles. The fraction of sp³-hybridized carbons (Fsp3) is 0.250. The lowest BCUT2D eigenvalue weighted by Crippen LogP contribution is -1.97.